The van der Waals surface area contributed by atoms with Gasteiger partial charge in [-0.15, -0.1) is 0 Å². The summed E-state index contributed by atoms with van der Waals surface area (Å²) in [5, 5.41) is 4.20. The summed E-state index contributed by atoms with van der Waals surface area (Å²) in [7, 11) is 3.16. The summed E-state index contributed by atoms with van der Waals surface area (Å²) in [5.74, 6) is 1.52. The molecule has 0 fully saturated rings. The molecule has 0 radical (unpaired) electrons. The number of nitrogens with one attached hydrogen (secondary N) is 2. The lowest BCUT2D eigenvalue weighted by Gasteiger charge is -2.27. The van der Waals surface area contributed by atoms with Crippen LogP contribution in [0, 0.1) is 0 Å². The number of hydrogen-bond donors (Lipinski definition) is 2. The zero-order valence-corrected chi connectivity index (χ0v) is 17.6. The third-order valence-corrected chi connectivity index (χ3v) is 5.20. The second-order valence-corrected chi connectivity index (χ2v) is 7.24. The monoisotopic (exact) mass is 419 g/mol. The van der Waals surface area contributed by atoms with Gasteiger partial charge in [0.2, 0.25) is 5.95 Å². The first kappa shape index (κ1) is 20.6. The number of para-hydroxylation sites is 1. The van der Waals surface area contributed by atoms with E-state index < -0.39 is 0 Å². The number of fused-ring (bicyclic) bond motifs is 1. The Labute approximate surface area is 180 Å². The Balaban J connectivity index is 1.46. The van der Waals surface area contributed by atoms with Gasteiger partial charge in [-0.05, 0) is 17.7 Å². The number of benzene rings is 2. The summed E-state index contributed by atoms with van der Waals surface area (Å²) in [6.07, 6.45) is 2.32. The molecular weight excluding hydrogens is 394 g/mol. The van der Waals surface area contributed by atoms with Crippen molar-refractivity contribution >= 4 is 12.2 Å². The van der Waals surface area contributed by atoms with E-state index in [-0.39, 0.29) is 5.56 Å². The quantitative estimate of drug-likeness (QED) is 0.452. The molecule has 0 saturated carbocycles. The van der Waals surface area contributed by atoms with Gasteiger partial charge in [-0.3, -0.25) is 14.7 Å². The molecule has 1 aliphatic rings. The first-order valence-corrected chi connectivity index (χ1v) is 10.1. The van der Waals surface area contributed by atoms with E-state index >= 15 is 0 Å². The summed E-state index contributed by atoms with van der Waals surface area (Å²) >= 11 is 0. The summed E-state index contributed by atoms with van der Waals surface area (Å²) in [5.41, 5.74) is 6.18. The van der Waals surface area contributed by atoms with Gasteiger partial charge in [0.15, 0.2) is 11.5 Å². The molecule has 0 aliphatic carbocycles. The van der Waals surface area contributed by atoms with Crippen molar-refractivity contribution in [1.29, 1.82) is 0 Å². The van der Waals surface area contributed by atoms with E-state index in [0.29, 0.717) is 36.0 Å². The van der Waals surface area contributed by atoms with Crippen LogP contribution in [0.2, 0.25) is 0 Å². The lowest BCUT2D eigenvalue weighted by Crippen LogP contribution is -2.35. The van der Waals surface area contributed by atoms with Crippen molar-refractivity contribution < 1.29 is 9.47 Å². The van der Waals surface area contributed by atoms with E-state index in [2.05, 4.69) is 37.5 Å². The van der Waals surface area contributed by atoms with Gasteiger partial charge in [0, 0.05) is 31.6 Å². The normalized spacial score (nSPS) is 13.7. The maximum Gasteiger partial charge on any atom is 0.257 e. The summed E-state index contributed by atoms with van der Waals surface area (Å²) in [6.45, 7) is 2.24. The molecule has 8 nitrogen and oxygen atoms in total. The highest BCUT2D eigenvalue weighted by atomic mass is 16.5. The highest BCUT2D eigenvalue weighted by Crippen LogP contribution is 2.29. The number of anilines is 1. The van der Waals surface area contributed by atoms with Crippen LogP contribution in [0.4, 0.5) is 5.95 Å². The smallest absolute Gasteiger partial charge is 0.257 e. The SMILES string of the molecule is COc1cccc(/C=N\Nc2nc3c(c(=O)[nH]2)CN(Cc2ccccc2)CC3)c1OC. The lowest BCUT2D eigenvalue weighted by atomic mass is 10.1. The fourth-order valence-electron chi connectivity index (χ4n) is 3.69. The van der Waals surface area contributed by atoms with Crippen LogP contribution in [0.1, 0.15) is 22.4 Å². The largest absolute Gasteiger partial charge is 0.493 e. The van der Waals surface area contributed by atoms with Crippen LogP contribution in [-0.2, 0) is 19.5 Å². The first-order chi connectivity index (χ1) is 15.2. The second-order valence-electron chi connectivity index (χ2n) is 7.24. The number of methoxy groups -OCH3 is 2. The van der Waals surface area contributed by atoms with E-state index in [1.165, 1.54) is 5.56 Å². The van der Waals surface area contributed by atoms with Crippen molar-refractivity contribution in [2.45, 2.75) is 19.5 Å². The molecule has 0 spiro atoms. The Morgan fingerprint density at radius 2 is 2.00 bits per heavy atom. The maximum absolute atomic E-state index is 12.6. The zero-order valence-electron chi connectivity index (χ0n) is 17.6. The van der Waals surface area contributed by atoms with Crippen LogP contribution in [-0.4, -0.2) is 41.8 Å². The van der Waals surface area contributed by atoms with Gasteiger partial charge in [0.05, 0.1) is 31.7 Å². The predicted molar refractivity (Wildman–Crippen MR) is 120 cm³/mol. The number of rotatable bonds is 7. The third-order valence-electron chi connectivity index (χ3n) is 5.20. The number of ether oxygens (including phenoxy) is 2. The molecule has 0 unspecified atom stereocenters. The van der Waals surface area contributed by atoms with Crippen molar-refractivity contribution in [1.82, 2.24) is 14.9 Å². The predicted octanol–water partition coefficient (Wildman–Crippen LogP) is 2.79. The molecule has 2 heterocycles. The van der Waals surface area contributed by atoms with Gasteiger partial charge in [0.25, 0.3) is 5.56 Å². The number of H-pyrrole nitrogens is 1. The van der Waals surface area contributed by atoms with Gasteiger partial charge in [-0.1, -0.05) is 36.4 Å². The van der Waals surface area contributed by atoms with E-state index in [0.717, 1.165) is 24.3 Å². The number of nitrogens with zero attached hydrogens (tertiary/aromatic N) is 3. The highest BCUT2D eigenvalue weighted by molar-refractivity contribution is 5.85. The molecule has 1 aromatic heterocycles. The van der Waals surface area contributed by atoms with E-state index in [9.17, 15) is 4.79 Å². The number of aromatic amines is 1. The molecule has 8 heteroatoms. The molecule has 0 bridgehead atoms. The highest BCUT2D eigenvalue weighted by Gasteiger charge is 2.21. The summed E-state index contributed by atoms with van der Waals surface area (Å²) in [4.78, 5) is 22.3. The van der Waals surface area contributed by atoms with E-state index in [1.807, 2.05) is 36.4 Å². The minimum Gasteiger partial charge on any atom is -0.493 e. The first-order valence-electron chi connectivity index (χ1n) is 10.1. The Kier molecular flexibility index (Phi) is 6.28. The molecule has 2 aromatic carbocycles. The molecule has 2 N–H and O–H groups in total. The van der Waals surface area contributed by atoms with Crippen molar-refractivity contribution in [2.75, 3.05) is 26.2 Å². The van der Waals surface area contributed by atoms with Gasteiger partial charge < -0.3 is 9.47 Å². The molecule has 1 aliphatic heterocycles. The molecule has 160 valence electrons. The molecule has 4 rings (SSSR count). The van der Waals surface area contributed by atoms with Crippen LogP contribution >= 0.6 is 0 Å². The summed E-state index contributed by atoms with van der Waals surface area (Å²) in [6, 6.07) is 15.8. The van der Waals surface area contributed by atoms with Crippen LogP contribution in [0.5, 0.6) is 11.5 Å². The number of hydrogen-bond acceptors (Lipinski definition) is 7. The molecule has 0 atom stereocenters. The van der Waals surface area contributed by atoms with Crippen LogP contribution in [0.3, 0.4) is 0 Å². The van der Waals surface area contributed by atoms with Gasteiger partial charge in [-0.2, -0.15) is 5.10 Å². The van der Waals surface area contributed by atoms with E-state index in [4.69, 9.17) is 9.47 Å². The molecule has 0 saturated heterocycles. The minimum absolute atomic E-state index is 0.139. The van der Waals surface area contributed by atoms with Crippen LogP contribution in [0.25, 0.3) is 0 Å². The second kappa shape index (κ2) is 9.44. The molecular formula is C23H25N5O3. The Morgan fingerprint density at radius 1 is 1.16 bits per heavy atom. The Morgan fingerprint density at radius 3 is 2.77 bits per heavy atom. The van der Waals surface area contributed by atoms with Gasteiger partial charge in [0.1, 0.15) is 0 Å². The Bertz CT molecular complexity index is 1130. The van der Waals surface area contributed by atoms with Crippen molar-refractivity contribution in [3.8, 4) is 11.5 Å². The zero-order chi connectivity index (χ0) is 21.6. The van der Waals surface area contributed by atoms with Crippen molar-refractivity contribution in [3.63, 3.8) is 0 Å². The van der Waals surface area contributed by atoms with Gasteiger partial charge >= 0.3 is 0 Å². The number of hydrazone groups is 1. The minimum atomic E-state index is -0.139. The summed E-state index contributed by atoms with van der Waals surface area (Å²) < 4.78 is 10.7. The van der Waals surface area contributed by atoms with Crippen molar-refractivity contribution in [2.24, 2.45) is 5.10 Å². The fourth-order valence-corrected chi connectivity index (χ4v) is 3.69. The molecule has 3 aromatic rings. The standard InChI is InChI=1S/C23H25N5O3/c1-30-20-10-6-9-17(21(20)31-2)13-24-27-23-25-19-11-12-28(15-18(19)22(29)26-23)14-16-7-4-3-5-8-16/h3-10,13H,11-12,14-15H2,1-2H3,(H2,25,26,27,29)/b24-13-. The molecule has 0 amide bonds. The van der Waals surface area contributed by atoms with Crippen LogP contribution < -0.4 is 20.5 Å². The Hall–Kier alpha value is -3.65. The van der Waals surface area contributed by atoms with Crippen LogP contribution in [0.15, 0.2) is 58.4 Å². The topological polar surface area (TPSA) is 91.8 Å². The van der Waals surface area contributed by atoms with E-state index in [1.54, 1.807) is 20.4 Å². The van der Waals surface area contributed by atoms with Crippen molar-refractivity contribution in [3.05, 3.63) is 81.3 Å². The lowest BCUT2D eigenvalue weighted by molar-refractivity contribution is 0.242. The maximum atomic E-state index is 12.6. The average Bonchev–Trinajstić information content (AvgIpc) is 2.80. The average molecular weight is 419 g/mol. The van der Waals surface area contributed by atoms with Gasteiger partial charge in [-0.25, -0.2) is 10.4 Å². The number of aromatic nitrogens is 2. The fraction of sp³-hybridized carbons (Fsp3) is 0.261. The third kappa shape index (κ3) is 4.75. The molecule has 31 heavy (non-hydrogen) atoms.